The van der Waals surface area contributed by atoms with Crippen molar-refractivity contribution in [1.82, 2.24) is 15.2 Å². The van der Waals surface area contributed by atoms with Crippen LogP contribution in [0.2, 0.25) is 0 Å². The summed E-state index contributed by atoms with van der Waals surface area (Å²) < 4.78 is 0. The van der Waals surface area contributed by atoms with E-state index in [1.54, 1.807) is 12.4 Å². The number of guanidine groups is 1. The highest BCUT2D eigenvalue weighted by molar-refractivity contribution is 5.81. The van der Waals surface area contributed by atoms with Crippen LogP contribution in [0.1, 0.15) is 0 Å². The van der Waals surface area contributed by atoms with Crippen molar-refractivity contribution in [1.29, 1.82) is 0 Å². The Hall–Kier alpha value is -1.78. The maximum Gasteiger partial charge on any atom is 0.193 e. The number of aromatic nitrogens is 1. The molecule has 0 fully saturated rings. The molecule has 0 amide bonds. The lowest BCUT2D eigenvalue weighted by Gasteiger charge is -2.15. The molecular weight excluding hydrogens is 202 g/mol. The molecule has 2 rings (SSSR count). The summed E-state index contributed by atoms with van der Waals surface area (Å²) in [6.07, 6.45) is 3.56. The molecule has 0 atom stereocenters. The van der Waals surface area contributed by atoms with Gasteiger partial charge in [-0.05, 0) is 12.1 Å². The number of likely N-dealkylation sites (N-methyl/N-ethyl adjacent to an activating group) is 1. The maximum atomic E-state index is 4.35. The van der Waals surface area contributed by atoms with Crippen molar-refractivity contribution >= 4 is 11.6 Å². The number of hydrogen-bond acceptors (Lipinski definition) is 5. The minimum Gasteiger partial charge on any atom is -0.383 e. The zero-order valence-corrected chi connectivity index (χ0v) is 9.48. The number of pyridine rings is 1. The number of nitrogens with one attached hydrogen (secondary N) is 2. The van der Waals surface area contributed by atoms with E-state index in [0.29, 0.717) is 0 Å². The summed E-state index contributed by atoms with van der Waals surface area (Å²) in [5.74, 6) is 0.997. The van der Waals surface area contributed by atoms with Gasteiger partial charge in [-0.3, -0.25) is 9.98 Å². The Labute approximate surface area is 95.6 Å². The molecule has 86 valence electrons. The van der Waals surface area contributed by atoms with Crippen LogP contribution in [0.25, 0.3) is 0 Å². The molecule has 0 radical (unpaired) electrons. The van der Waals surface area contributed by atoms with Crippen LogP contribution in [-0.4, -0.2) is 49.1 Å². The predicted molar refractivity (Wildman–Crippen MR) is 65.7 cm³/mol. The van der Waals surface area contributed by atoms with Gasteiger partial charge in [0.15, 0.2) is 5.96 Å². The molecule has 0 aliphatic carbocycles. The monoisotopic (exact) mass is 219 g/mol. The minimum absolute atomic E-state index is 0.867. The fourth-order valence-corrected chi connectivity index (χ4v) is 1.57. The van der Waals surface area contributed by atoms with E-state index >= 15 is 0 Å². The molecule has 1 aromatic heterocycles. The molecule has 0 saturated carbocycles. The van der Waals surface area contributed by atoms with Gasteiger partial charge < -0.3 is 15.5 Å². The molecule has 5 nitrogen and oxygen atoms in total. The Bertz CT molecular complexity index is 349. The summed E-state index contributed by atoms with van der Waals surface area (Å²) in [7, 11) is 2.05. The van der Waals surface area contributed by atoms with Gasteiger partial charge in [0.25, 0.3) is 0 Å². The van der Waals surface area contributed by atoms with Crippen molar-refractivity contribution in [2.24, 2.45) is 4.99 Å². The Balaban J connectivity index is 1.66. The SMILES string of the molecule is CN1CCN=C1NCCNc1ccncc1. The van der Waals surface area contributed by atoms with E-state index in [9.17, 15) is 0 Å². The molecule has 0 saturated heterocycles. The van der Waals surface area contributed by atoms with Gasteiger partial charge in [0, 0.05) is 44.8 Å². The zero-order valence-electron chi connectivity index (χ0n) is 9.48. The highest BCUT2D eigenvalue weighted by Crippen LogP contribution is 2.01. The standard InChI is InChI=1S/C11H17N5/c1-16-9-8-15-11(16)14-7-6-13-10-2-4-12-5-3-10/h2-5H,6-9H2,1H3,(H,12,13)(H,14,15). The lowest BCUT2D eigenvalue weighted by molar-refractivity contribution is 0.535. The second-order valence-corrected chi connectivity index (χ2v) is 3.72. The fourth-order valence-electron chi connectivity index (χ4n) is 1.57. The molecule has 1 aliphatic heterocycles. The fraction of sp³-hybridized carbons (Fsp3) is 0.455. The van der Waals surface area contributed by atoms with E-state index in [2.05, 4.69) is 32.6 Å². The third kappa shape index (κ3) is 2.85. The molecule has 16 heavy (non-hydrogen) atoms. The Morgan fingerprint density at radius 1 is 1.25 bits per heavy atom. The normalized spacial score (nSPS) is 14.8. The van der Waals surface area contributed by atoms with Gasteiger partial charge in [-0.25, -0.2) is 0 Å². The molecule has 1 aliphatic rings. The zero-order chi connectivity index (χ0) is 11.2. The summed E-state index contributed by atoms with van der Waals surface area (Å²) in [4.78, 5) is 10.5. The van der Waals surface area contributed by atoms with Crippen molar-refractivity contribution in [2.75, 3.05) is 38.5 Å². The van der Waals surface area contributed by atoms with Gasteiger partial charge in [-0.2, -0.15) is 0 Å². The molecule has 0 unspecified atom stereocenters. The van der Waals surface area contributed by atoms with Gasteiger partial charge in [0.1, 0.15) is 0 Å². The molecule has 0 bridgehead atoms. The predicted octanol–water partition coefficient (Wildman–Crippen LogP) is 0.385. The second kappa shape index (κ2) is 5.34. The first-order valence-electron chi connectivity index (χ1n) is 5.49. The van der Waals surface area contributed by atoms with Crippen molar-refractivity contribution < 1.29 is 0 Å². The summed E-state index contributed by atoms with van der Waals surface area (Å²) in [6.45, 7) is 3.65. The molecular formula is C11H17N5. The van der Waals surface area contributed by atoms with E-state index in [4.69, 9.17) is 0 Å². The van der Waals surface area contributed by atoms with Crippen LogP contribution in [-0.2, 0) is 0 Å². The van der Waals surface area contributed by atoms with Crippen molar-refractivity contribution in [3.63, 3.8) is 0 Å². The largest absolute Gasteiger partial charge is 0.383 e. The van der Waals surface area contributed by atoms with Crippen LogP contribution in [0.3, 0.4) is 0 Å². The van der Waals surface area contributed by atoms with E-state index in [1.807, 2.05) is 12.1 Å². The minimum atomic E-state index is 0.867. The summed E-state index contributed by atoms with van der Waals surface area (Å²) in [5.41, 5.74) is 1.10. The van der Waals surface area contributed by atoms with E-state index in [0.717, 1.165) is 37.8 Å². The van der Waals surface area contributed by atoms with Crippen molar-refractivity contribution in [2.45, 2.75) is 0 Å². The van der Waals surface area contributed by atoms with Crippen LogP contribution in [0, 0.1) is 0 Å². The first-order valence-corrected chi connectivity index (χ1v) is 5.49. The molecule has 2 N–H and O–H groups in total. The number of hydrogen-bond donors (Lipinski definition) is 2. The first kappa shape index (κ1) is 10.7. The maximum absolute atomic E-state index is 4.35. The van der Waals surface area contributed by atoms with E-state index in [1.165, 1.54) is 0 Å². The van der Waals surface area contributed by atoms with Gasteiger partial charge >= 0.3 is 0 Å². The highest BCUT2D eigenvalue weighted by atomic mass is 15.3. The number of nitrogens with zero attached hydrogens (tertiary/aromatic N) is 3. The summed E-state index contributed by atoms with van der Waals surface area (Å²) >= 11 is 0. The van der Waals surface area contributed by atoms with Crippen molar-refractivity contribution in [3.8, 4) is 0 Å². The molecule has 2 heterocycles. The van der Waals surface area contributed by atoms with Crippen LogP contribution >= 0.6 is 0 Å². The lowest BCUT2D eigenvalue weighted by atomic mass is 10.4. The first-order chi connectivity index (χ1) is 7.86. The van der Waals surface area contributed by atoms with Crippen LogP contribution in [0.15, 0.2) is 29.5 Å². The van der Waals surface area contributed by atoms with Crippen LogP contribution in [0.5, 0.6) is 0 Å². The highest BCUT2D eigenvalue weighted by Gasteiger charge is 2.10. The van der Waals surface area contributed by atoms with E-state index < -0.39 is 0 Å². The third-order valence-corrected chi connectivity index (χ3v) is 2.48. The van der Waals surface area contributed by atoms with Gasteiger partial charge in [-0.1, -0.05) is 0 Å². The molecule has 0 spiro atoms. The Kier molecular flexibility index (Phi) is 3.58. The molecule has 1 aromatic rings. The van der Waals surface area contributed by atoms with Gasteiger partial charge in [0.2, 0.25) is 0 Å². The number of rotatable bonds is 4. The Morgan fingerprint density at radius 2 is 2.00 bits per heavy atom. The second-order valence-electron chi connectivity index (χ2n) is 3.72. The van der Waals surface area contributed by atoms with Crippen LogP contribution in [0.4, 0.5) is 5.69 Å². The van der Waals surface area contributed by atoms with Crippen LogP contribution < -0.4 is 10.6 Å². The smallest absolute Gasteiger partial charge is 0.193 e. The van der Waals surface area contributed by atoms with Gasteiger partial charge in [-0.15, -0.1) is 0 Å². The number of anilines is 1. The van der Waals surface area contributed by atoms with Gasteiger partial charge in [0.05, 0.1) is 6.54 Å². The topological polar surface area (TPSA) is 52.5 Å². The van der Waals surface area contributed by atoms with E-state index in [-0.39, 0.29) is 0 Å². The lowest BCUT2D eigenvalue weighted by Crippen LogP contribution is -2.37. The summed E-state index contributed by atoms with van der Waals surface area (Å²) in [5, 5.41) is 6.61. The quantitative estimate of drug-likeness (QED) is 0.719. The molecule has 0 aromatic carbocycles. The Morgan fingerprint density at radius 3 is 2.69 bits per heavy atom. The number of aliphatic imine (C=N–C) groups is 1. The average molecular weight is 219 g/mol. The average Bonchev–Trinajstić information content (AvgIpc) is 2.72. The molecule has 5 heteroatoms. The van der Waals surface area contributed by atoms with Crippen molar-refractivity contribution in [3.05, 3.63) is 24.5 Å². The third-order valence-electron chi connectivity index (χ3n) is 2.48. The summed E-state index contributed by atoms with van der Waals surface area (Å²) in [6, 6.07) is 3.92.